The predicted molar refractivity (Wildman–Crippen MR) is 67.4 cm³/mol. The smallest absolute Gasteiger partial charge is 0.276 e. The number of nitrogens with zero attached hydrogens (tertiary/aromatic N) is 2. The van der Waals surface area contributed by atoms with Crippen molar-refractivity contribution < 1.29 is 4.79 Å². The normalized spacial score (nSPS) is 21.4. The standard InChI is InChI=1S/C11H18N4OS/c1-8-3-2-4-15(6-8)7-10-13-5-9(17-10)11(16)14-12/h5,8H,2-4,6-7,12H2,1H3,(H,14,16). The molecule has 6 heteroatoms. The van der Waals surface area contributed by atoms with E-state index in [1.807, 2.05) is 0 Å². The Balaban J connectivity index is 1.94. The van der Waals surface area contributed by atoms with Gasteiger partial charge in [0.2, 0.25) is 0 Å². The van der Waals surface area contributed by atoms with Crippen LogP contribution in [0.2, 0.25) is 0 Å². The minimum absolute atomic E-state index is 0.263. The molecule has 0 bridgehead atoms. The highest BCUT2D eigenvalue weighted by Gasteiger charge is 2.18. The fourth-order valence-electron chi connectivity index (χ4n) is 2.18. The zero-order valence-electron chi connectivity index (χ0n) is 9.98. The molecule has 1 fully saturated rings. The van der Waals surface area contributed by atoms with Crippen molar-refractivity contribution in [3.05, 3.63) is 16.1 Å². The van der Waals surface area contributed by atoms with Gasteiger partial charge in [0.15, 0.2) is 0 Å². The zero-order chi connectivity index (χ0) is 12.3. The Morgan fingerprint density at radius 3 is 3.29 bits per heavy atom. The number of aromatic nitrogens is 1. The van der Waals surface area contributed by atoms with Gasteiger partial charge in [-0.25, -0.2) is 10.8 Å². The van der Waals surface area contributed by atoms with E-state index in [0.717, 1.165) is 30.6 Å². The summed E-state index contributed by atoms with van der Waals surface area (Å²) in [5.41, 5.74) is 2.12. The van der Waals surface area contributed by atoms with Crippen molar-refractivity contribution in [3.63, 3.8) is 0 Å². The van der Waals surface area contributed by atoms with Gasteiger partial charge in [-0.3, -0.25) is 15.1 Å². The topological polar surface area (TPSA) is 71.2 Å². The van der Waals surface area contributed by atoms with Crippen molar-refractivity contribution >= 4 is 17.2 Å². The summed E-state index contributed by atoms with van der Waals surface area (Å²) < 4.78 is 0. The van der Waals surface area contributed by atoms with Gasteiger partial charge in [0.25, 0.3) is 5.91 Å². The zero-order valence-corrected chi connectivity index (χ0v) is 10.8. The third kappa shape index (κ3) is 3.24. The number of thiazole rings is 1. The van der Waals surface area contributed by atoms with Crippen LogP contribution in [0.15, 0.2) is 6.20 Å². The molecule has 1 aliphatic heterocycles. The van der Waals surface area contributed by atoms with E-state index in [1.54, 1.807) is 6.20 Å². The molecule has 1 saturated heterocycles. The molecular formula is C11H18N4OS. The lowest BCUT2D eigenvalue weighted by Gasteiger charge is -2.29. The largest absolute Gasteiger partial charge is 0.296 e. The van der Waals surface area contributed by atoms with Gasteiger partial charge in [-0.15, -0.1) is 11.3 Å². The molecule has 2 heterocycles. The van der Waals surface area contributed by atoms with Crippen molar-refractivity contribution in [2.45, 2.75) is 26.3 Å². The second-order valence-corrected chi connectivity index (χ2v) is 5.69. The van der Waals surface area contributed by atoms with Gasteiger partial charge in [0, 0.05) is 6.54 Å². The summed E-state index contributed by atoms with van der Waals surface area (Å²) >= 11 is 1.42. The number of hydrogen-bond donors (Lipinski definition) is 2. The third-order valence-electron chi connectivity index (χ3n) is 3.01. The fourth-order valence-corrected chi connectivity index (χ4v) is 3.04. The first kappa shape index (κ1) is 12.5. The monoisotopic (exact) mass is 254 g/mol. The van der Waals surface area contributed by atoms with Crippen LogP contribution in [0.25, 0.3) is 0 Å². The first-order valence-corrected chi connectivity index (χ1v) is 6.68. The summed E-state index contributed by atoms with van der Waals surface area (Å²) in [4.78, 5) is 18.5. The molecule has 0 aliphatic carbocycles. The summed E-state index contributed by atoms with van der Waals surface area (Å²) in [6.45, 7) is 5.37. The molecule has 1 atom stereocenters. The number of likely N-dealkylation sites (tertiary alicyclic amines) is 1. The molecule has 1 amide bonds. The summed E-state index contributed by atoms with van der Waals surface area (Å²) in [7, 11) is 0. The highest BCUT2D eigenvalue weighted by Crippen LogP contribution is 2.20. The number of piperidine rings is 1. The summed E-state index contributed by atoms with van der Waals surface area (Å²) in [5.74, 6) is 5.58. The minimum atomic E-state index is -0.263. The lowest BCUT2D eigenvalue weighted by molar-refractivity contribution is 0.0957. The van der Waals surface area contributed by atoms with Gasteiger partial charge in [0.1, 0.15) is 9.88 Å². The number of hydrogen-bond acceptors (Lipinski definition) is 5. The maximum absolute atomic E-state index is 11.3. The van der Waals surface area contributed by atoms with E-state index in [0.29, 0.717) is 4.88 Å². The molecule has 5 nitrogen and oxygen atoms in total. The Bertz CT molecular complexity index is 393. The lowest BCUT2D eigenvalue weighted by Crippen LogP contribution is -2.33. The van der Waals surface area contributed by atoms with Crippen LogP contribution in [-0.2, 0) is 6.54 Å². The third-order valence-corrected chi connectivity index (χ3v) is 3.99. The molecule has 1 aliphatic rings. The molecule has 3 N–H and O–H groups in total. The maximum Gasteiger partial charge on any atom is 0.276 e. The Hall–Kier alpha value is -0.980. The van der Waals surface area contributed by atoms with Crippen LogP contribution in [0.4, 0.5) is 0 Å². The Labute approximate surface area is 105 Å². The predicted octanol–water partition coefficient (Wildman–Crippen LogP) is 0.978. The summed E-state index contributed by atoms with van der Waals surface area (Å²) in [6, 6.07) is 0. The number of rotatable bonds is 3. The minimum Gasteiger partial charge on any atom is -0.296 e. The molecular weight excluding hydrogens is 236 g/mol. The molecule has 0 saturated carbocycles. The van der Waals surface area contributed by atoms with Crippen molar-refractivity contribution in [2.75, 3.05) is 13.1 Å². The van der Waals surface area contributed by atoms with Crippen LogP contribution in [0.5, 0.6) is 0 Å². The molecule has 2 rings (SSSR count). The summed E-state index contributed by atoms with van der Waals surface area (Å²) in [5, 5.41) is 0.984. The molecule has 0 spiro atoms. The van der Waals surface area contributed by atoms with Gasteiger partial charge in [-0.2, -0.15) is 0 Å². The molecule has 94 valence electrons. The van der Waals surface area contributed by atoms with Crippen molar-refractivity contribution in [1.29, 1.82) is 0 Å². The van der Waals surface area contributed by atoms with Crippen LogP contribution in [0, 0.1) is 5.92 Å². The van der Waals surface area contributed by atoms with Crippen molar-refractivity contribution in [2.24, 2.45) is 11.8 Å². The number of amides is 1. The second kappa shape index (κ2) is 5.57. The lowest BCUT2D eigenvalue weighted by atomic mass is 10.0. The number of carbonyl (C=O) groups is 1. The molecule has 17 heavy (non-hydrogen) atoms. The second-order valence-electron chi connectivity index (χ2n) is 4.57. The van der Waals surface area contributed by atoms with E-state index in [9.17, 15) is 4.79 Å². The molecule has 1 aromatic heterocycles. The van der Waals surface area contributed by atoms with Crippen LogP contribution in [-0.4, -0.2) is 28.9 Å². The van der Waals surface area contributed by atoms with Gasteiger partial charge < -0.3 is 0 Å². The number of nitrogen functional groups attached to an aromatic ring is 1. The number of nitrogens with two attached hydrogens (primary N) is 1. The van der Waals surface area contributed by atoms with Gasteiger partial charge in [-0.1, -0.05) is 6.92 Å². The van der Waals surface area contributed by atoms with Crippen molar-refractivity contribution in [1.82, 2.24) is 15.3 Å². The molecule has 0 aromatic carbocycles. The quantitative estimate of drug-likeness (QED) is 0.479. The van der Waals surface area contributed by atoms with Crippen LogP contribution in [0.1, 0.15) is 34.4 Å². The van der Waals surface area contributed by atoms with Crippen LogP contribution in [0.3, 0.4) is 0 Å². The van der Waals surface area contributed by atoms with Gasteiger partial charge in [0.05, 0.1) is 12.7 Å². The number of hydrazine groups is 1. The van der Waals surface area contributed by atoms with Crippen LogP contribution >= 0.6 is 11.3 Å². The van der Waals surface area contributed by atoms with Gasteiger partial charge >= 0.3 is 0 Å². The fraction of sp³-hybridized carbons (Fsp3) is 0.636. The van der Waals surface area contributed by atoms with E-state index in [4.69, 9.17) is 5.84 Å². The molecule has 1 aromatic rings. The van der Waals surface area contributed by atoms with Crippen LogP contribution < -0.4 is 11.3 Å². The van der Waals surface area contributed by atoms with Gasteiger partial charge in [-0.05, 0) is 25.3 Å². The SMILES string of the molecule is CC1CCCN(Cc2ncc(C(=O)NN)s2)C1. The first-order valence-electron chi connectivity index (χ1n) is 5.87. The van der Waals surface area contributed by atoms with E-state index < -0.39 is 0 Å². The summed E-state index contributed by atoms with van der Waals surface area (Å²) in [6.07, 6.45) is 4.16. The first-order chi connectivity index (χ1) is 8.19. The maximum atomic E-state index is 11.3. The highest BCUT2D eigenvalue weighted by molar-refractivity contribution is 7.13. The highest BCUT2D eigenvalue weighted by atomic mass is 32.1. The number of carbonyl (C=O) groups excluding carboxylic acids is 1. The Morgan fingerprint density at radius 2 is 2.59 bits per heavy atom. The van der Waals surface area contributed by atoms with Crippen molar-refractivity contribution in [3.8, 4) is 0 Å². The average Bonchev–Trinajstić information content (AvgIpc) is 2.76. The van der Waals surface area contributed by atoms with E-state index in [2.05, 4.69) is 22.2 Å². The Morgan fingerprint density at radius 1 is 1.76 bits per heavy atom. The average molecular weight is 254 g/mol. The number of nitrogens with one attached hydrogen (secondary N) is 1. The van der Waals surface area contributed by atoms with E-state index in [1.165, 1.54) is 24.2 Å². The molecule has 0 radical (unpaired) electrons. The Kier molecular flexibility index (Phi) is 4.09. The molecule has 1 unspecified atom stereocenters. The van der Waals surface area contributed by atoms with E-state index >= 15 is 0 Å². The van der Waals surface area contributed by atoms with E-state index in [-0.39, 0.29) is 5.91 Å².